The summed E-state index contributed by atoms with van der Waals surface area (Å²) in [5.74, 6) is -1.47. The van der Waals surface area contributed by atoms with Crippen molar-refractivity contribution in [2.75, 3.05) is 13.1 Å². The lowest BCUT2D eigenvalue weighted by atomic mass is 9.92. The van der Waals surface area contributed by atoms with Gasteiger partial charge in [-0.2, -0.15) is 5.10 Å². The number of hydrogen-bond donors (Lipinski definition) is 1. The molecule has 3 aliphatic rings. The average Bonchev–Trinajstić information content (AvgIpc) is 2.77. The molecule has 0 aliphatic carbocycles. The molecule has 0 spiro atoms. The van der Waals surface area contributed by atoms with Gasteiger partial charge in [-0.05, 0) is 42.7 Å². The Morgan fingerprint density at radius 1 is 1.17 bits per heavy atom. The fraction of sp³-hybridized carbons (Fsp3) is 0.318. The fourth-order valence-corrected chi connectivity index (χ4v) is 4.47. The van der Waals surface area contributed by atoms with Crippen LogP contribution >= 0.6 is 0 Å². The molecule has 6 nitrogen and oxygen atoms in total. The average molecular weight is 410 g/mol. The first-order valence-electron chi connectivity index (χ1n) is 9.98. The molecular weight excluding hydrogens is 390 g/mol. The number of nitrogens with one attached hydrogen (secondary N) is 1. The Morgan fingerprint density at radius 3 is 2.77 bits per heavy atom. The monoisotopic (exact) mass is 410 g/mol. The molecule has 2 unspecified atom stereocenters. The zero-order valence-electron chi connectivity index (χ0n) is 16.1. The number of hydrogen-bond acceptors (Lipinski definition) is 4. The summed E-state index contributed by atoms with van der Waals surface area (Å²) in [6.07, 6.45) is 3.07. The number of nitrogens with zero attached hydrogens (tertiary/aromatic N) is 3. The Kier molecular flexibility index (Phi) is 4.58. The molecule has 2 bridgehead atoms. The molecule has 3 aromatic rings. The molecule has 2 atom stereocenters. The molecule has 6 rings (SSSR count). The third-order valence-electron chi connectivity index (χ3n) is 6.03. The number of piperidine rings is 2. The number of benzene rings is 2. The van der Waals surface area contributed by atoms with Gasteiger partial charge >= 0.3 is 0 Å². The van der Waals surface area contributed by atoms with E-state index in [4.69, 9.17) is 0 Å². The summed E-state index contributed by atoms with van der Waals surface area (Å²) in [5.41, 5.74) is 0.317. The van der Waals surface area contributed by atoms with E-state index in [1.807, 2.05) is 0 Å². The number of carbonyl (C=O) groups excluding carboxylic acids is 1. The zero-order chi connectivity index (χ0) is 20.8. The van der Waals surface area contributed by atoms with Gasteiger partial charge in [0.15, 0.2) is 0 Å². The van der Waals surface area contributed by atoms with E-state index in [9.17, 15) is 18.4 Å². The van der Waals surface area contributed by atoms with E-state index < -0.39 is 11.6 Å². The van der Waals surface area contributed by atoms with E-state index in [0.717, 1.165) is 25.6 Å². The molecular formula is C22H20F2N4O2. The van der Waals surface area contributed by atoms with E-state index in [-0.39, 0.29) is 46.4 Å². The summed E-state index contributed by atoms with van der Waals surface area (Å²) in [7, 11) is 0. The van der Waals surface area contributed by atoms with Crippen LogP contribution in [0.25, 0.3) is 10.9 Å². The SMILES string of the molecule is O=C(c1cc(Cn2ncc(=O)c3cccc(F)c32)ccc1F)N1CC2CCC1CN2. The molecule has 1 amide bonds. The van der Waals surface area contributed by atoms with Crippen LogP contribution in [0.2, 0.25) is 0 Å². The van der Waals surface area contributed by atoms with Crippen LogP contribution in [-0.2, 0) is 6.54 Å². The van der Waals surface area contributed by atoms with Crippen LogP contribution in [0, 0.1) is 11.6 Å². The Hall–Kier alpha value is -3.13. The minimum absolute atomic E-state index is 0.00544. The van der Waals surface area contributed by atoms with Gasteiger partial charge in [-0.15, -0.1) is 0 Å². The van der Waals surface area contributed by atoms with E-state index in [0.29, 0.717) is 12.1 Å². The molecule has 2 aromatic carbocycles. The van der Waals surface area contributed by atoms with Crippen LogP contribution < -0.4 is 10.7 Å². The largest absolute Gasteiger partial charge is 0.333 e. The second-order valence-electron chi connectivity index (χ2n) is 7.91. The van der Waals surface area contributed by atoms with Crippen molar-refractivity contribution in [1.82, 2.24) is 20.0 Å². The third kappa shape index (κ3) is 3.17. The number of halogens is 2. The van der Waals surface area contributed by atoms with Crippen molar-refractivity contribution >= 4 is 16.8 Å². The maximum absolute atomic E-state index is 14.5. The minimum atomic E-state index is -0.581. The number of carbonyl (C=O) groups is 1. The van der Waals surface area contributed by atoms with Crippen molar-refractivity contribution in [1.29, 1.82) is 0 Å². The third-order valence-corrected chi connectivity index (χ3v) is 6.03. The fourth-order valence-electron chi connectivity index (χ4n) is 4.47. The van der Waals surface area contributed by atoms with Crippen molar-refractivity contribution < 1.29 is 13.6 Å². The first-order chi connectivity index (χ1) is 14.5. The van der Waals surface area contributed by atoms with E-state index >= 15 is 0 Å². The maximum Gasteiger partial charge on any atom is 0.257 e. The summed E-state index contributed by atoms with van der Waals surface area (Å²) in [6.45, 7) is 1.40. The standard InChI is InChI=1S/C22H20F2N4O2/c23-18-7-4-13(8-17(18)22(30)27-12-14-5-6-15(27)9-25-14)11-28-21-16(20(29)10-26-28)2-1-3-19(21)24/h1-4,7-8,10,14-15,25H,5-6,9,11-12H2. The number of rotatable bonds is 3. The molecule has 4 heterocycles. The number of fused-ring (bicyclic) bond motifs is 4. The lowest BCUT2D eigenvalue weighted by Crippen LogP contribution is -2.62. The van der Waals surface area contributed by atoms with Crippen molar-refractivity contribution in [2.24, 2.45) is 0 Å². The van der Waals surface area contributed by atoms with Gasteiger partial charge in [0.1, 0.15) is 17.2 Å². The van der Waals surface area contributed by atoms with Crippen LogP contribution in [0.15, 0.2) is 47.4 Å². The van der Waals surface area contributed by atoms with Crippen LogP contribution in [0.4, 0.5) is 8.78 Å². The van der Waals surface area contributed by atoms with Gasteiger partial charge in [-0.25, -0.2) is 8.78 Å². The van der Waals surface area contributed by atoms with Crippen LogP contribution in [0.3, 0.4) is 0 Å². The maximum atomic E-state index is 14.5. The van der Waals surface area contributed by atoms with E-state index in [2.05, 4.69) is 10.4 Å². The second-order valence-corrected chi connectivity index (χ2v) is 7.91. The molecule has 154 valence electrons. The van der Waals surface area contributed by atoms with Crippen LogP contribution in [0.1, 0.15) is 28.8 Å². The van der Waals surface area contributed by atoms with Crippen molar-refractivity contribution in [3.8, 4) is 0 Å². The topological polar surface area (TPSA) is 67.2 Å². The highest BCUT2D eigenvalue weighted by Gasteiger charge is 2.37. The molecule has 1 aromatic heterocycles. The predicted molar refractivity (Wildman–Crippen MR) is 107 cm³/mol. The second kappa shape index (κ2) is 7.28. The van der Waals surface area contributed by atoms with Gasteiger partial charge in [0, 0.05) is 25.2 Å². The van der Waals surface area contributed by atoms with Gasteiger partial charge < -0.3 is 10.2 Å². The lowest BCUT2D eigenvalue weighted by molar-refractivity contribution is 0.0436. The minimum Gasteiger partial charge on any atom is -0.333 e. The quantitative estimate of drug-likeness (QED) is 0.720. The number of para-hydroxylation sites is 1. The highest BCUT2D eigenvalue weighted by molar-refractivity contribution is 5.95. The summed E-state index contributed by atoms with van der Waals surface area (Å²) in [6, 6.07) is 8.90. The molecule has 1 N–H and O–H groups in total. The lowest BCUT2D eigenvalue weighted by Gasteiger charge is -2.46. The van der Waals surface area contributed by atoms with Crippen molar-refractivity contribution in [3.05, 3.63) is 75.6 Å². The van der Waals surface area contributed by atoms with E-state index in [1.165, 1.54) is 35.0 Å². The van der Waals surface area contributed by atoms with Crippen LogP contribution in [-0.4, -0.2) is 45.8 Å². The summed E-state index contributed by atoms with van der Waals surface area (Å²) < 4.78 is 30.3. The Balaban J connectivity index is 1.49. The zero-order valence-corrected chi connectivity index (χ0v) is 16.1. The Morgan fingerprint density at radius 2 is 2.03 bits per heavy atom. The van der Waals surface area contributed by atoms with Gasteiger partial charge in [-0.1, -0.05) is 12.1 Å². The smallest absolute Gasteiger partial charge is 0.257 e. The first-order valence-corrected chi connectivity index (χ1v) is 9.98. The van der Waals surface area contributed by atoms with Gasteiger partial charge in [-0.3, -0.25) is 14.3 Å². The predicted octanol–water partition coefficient (Wildman–Crippen LogP) is 2.30. The first kappa shape index (κ1) is 18.9. The molecule has 0 radical (unpaired) electrons. The number of aromatic nitrogens is 2. The number of amides is 1. The molecule has 3 saturated heterocycles. The highest BCUT2D eigenvalue weighted by atomic mass is 19.1. The molecule has 3 fully saturated rings. The molecule has 0 saturated carbocycles. The normalized spacial score (nSPS) is 20.7. The Bertz CT molecular complexity index is 1200. The highest BCUT2D eigenvalue weighted by Crippen LogP contribution is 2.25. The summed E-state index contributed by atoms with van der Waals surface area (Å²) in [5, 5.41) is 7.65. The number of piperazine rings is 1. The van der Waals surface area contributed by atoms with Gasteiger partial charge in [0.05, 0.1) is 23.7 Å². The molecule has 3 aliphatic heterocycles. The summed E-state index contributed by atoms with van der Waals surface area (Å²) in [4.78, 5) is 26.8. The van der Waals surface area contributed by atoms with Gasteiger partial charge in [0.2, 0.25) is 5.43 Å². The molecule has 8 heteroatoms. The van der Waals surface area contributed by atoms with Crippen molar-refractivity contribution in [2.45, 2.75) is 31.5 Å². The van der Waals surface area contributed by atoms with Gasteiger partial charge in [0.25, 0.3) is 5.91 Å². The summed E-state index contributed by atoms with van der Waals surface area (Å²) >= 11 is 0. The van der Waals surface area contributed by atoms with Crippen LogP contribution in [0.5, 0.6) is 0 Å². The molecule has 30 heavy (non-hydrogen) atoms. The Labute approximate surface area is 171 Å². The van der Waals surface area contributed by atoms with Crippen molar-refractivity contribution in [3.63, 3.8) is 0 Å². The van der Waals surface area contributed by atoms with E-state index in [1.54, 1.807) is 11.0 Å².